The third-order valence-corrected chi connectivity index (χ3v) is 7.58. The summed E-state index contributed by atoms with van der Waals surface area (Å²) in [6.45, 7) is 11.3. The zero-order chi connectivity index (χ0) is 30.2. The van der Waals surface area contributed by atoms with E-state index in [0.29, 0.717) is 18.6 Å². The van der Waals surface area contributed by atoms with Crippen molar-refractivity contribution in [1.82, 2.24) is 9.88 Å². The standard InChI is InChI=1S/C28H36N4.C6H6.O3S/c1-21-8-6-9-22(18-21)27(31-17-7-16-29)14-12-23-20-32(25-10-4-3-5-11-25)28-15-13-24(30-2)19-26(23)28;1-2-4-6-5-3-1;1-4(2)3/h6,8-9,13,15,18-20,25,27,31H,3-5,7,10-12,14,16-17,29H2,1H3;1-6H;. The summed E-state index contributed by atoms with van der Waals surface area (Å²) in [4.78, 5) is 3.70. The lowest BCUT2D eigenvalue weighted by Gasteiger charge is -2.24. The number of benzene rings is 3. The predicted molar refractivity (Wildman–Crippen MR) is 170 cm³/mol. The quantitative estimate of drug-likeness (QED) is 0.158. The van der Waals surface area contributed by atoms with Gasteiger partial charge in [-0.15, -0.1) is 12.6 Å². The highest BCUT2D eigenvalue weighted by molar-refractivity contribution is 7.59. The SMILES string of the molecule is O=S(=O)=O.[C-]#[N+]c1ccc2c(c1)c(CCC(NCCCN)c1cccc(C)c1)cn2C1CCCCC1.c1ccccc1. The van der Waals surface area contributed by atoms with Crippen molar-refractivity contribution >= 4 is 27.2 Å². The van der Waals surface area contributed by atoms with Gasteiger partial charge in [-0.3, -0.25) is 0 Å². The second-order valence-corrected chi connectivity index (χ2v) is 11.0. The number of aryl methyl sites for hydroxylation is 2. The van der Waals surface area contributed by atoms with Gasteiger partial charge in [0.2, 0.25) is 0 Å². The largest absolute Gasteiger partial charge is 0.425 e. The van der Waals surface area contributed by atoms with Crippen molar-refractivity contribution in [3.8, 4) is 0 Å². The van der Waals surface area contributed by atoms with Crippen molar-refractivity contribution < 1.29 is 12.6 Å². The number of nitrogens with two attached hydrogens (primary N) is 1. The van der Waals surface area contributed by atoms with Gasteiger partial charge in [-0.25, -0.2) is 4.85 Å². The minimum atomic E-state index is -3.11. The normalized spacial score (nSPS) is 13.6. The molecule has 0 saturated heterocycles. The molecule has 1 aliphatic rings. The molecule has 222 valence electrons. The Balaban J connectivity index is 0.000000412. The van der Waals surface area contributed by atoms with Crippen LogP contribution in [0.4, 0.5) is 5.69 Å². The molecule has 1 atom stereocenters. The molecule has 0 spiro atoms. The van der Waals surface area contributed by atoms with Crippen LogP contribution in [-0.2, 0) is 17.0 Å². The Morgan fingerprint density at radius 3 is 2.24 bits per heavy atom. The molecule has 1 fully saturated rings. The highest BCUT2D eigenvalue weighted by Crippen LogP contribution is 2.36. The lowest BCUT2D eigenvalue weighted by Crippen LogP contribution is -2.24. The number of rotatable bonds is 9. The summed E-state index contributed by atoms with van der Waals surface area (Å²) in [5, 5.41) is 5.00. The Morgan fingerprint density at radius 2 is 1.64 bits per heavy atom. The van der Waals surface area contributed by atoms with Gasteiger partial charge >= 0.3 is 10.6 Å². The van der Waals surface area contributed by atoms with Crippen LogP contribution in [0.25, 0.3) is 15.7 Å². The Bertz CT molecular complexity index is 1490. The van der Waals surface area contributed by atoms with E-state index in [1.165, 1.54) is 59.7 Å². The summed E-state index contributed by atoms with van der Waals surface area (Å²) < 4.78 is 27.8. The molecule has 42 heavy (non-hydrogen) atoms. The second-order valence-electron chi connectivity index (χ2n) is 10.6. The van der Waals surface area contributed by atoms with Crippen LogP contribution in [0.2, 0.25) is 0 Å². The first-order valence-electron chi connectivity index (χ1n) is 14.7. The monoisotopic (exact) mass is 586 g/mol. The van der Waals surface area contributed by atoms with Gasteiger partial charge in [0, 0.05) is 23.8 Å². The van der Waals surface area contributed by atoms with Crippen molar-refractivity contribution in [2.24, 2.45) is 5.73 Å². The van der Waals surface area contributed by atoms with Crippen LogP contribution >= 0.6 is 0 Å². The van der Waals surface area contributed by atoms with Gasteiger partial charge in [0.05, 0.1) is 6.57 Å². The van der Waals surface area contributed by atoms with Crippen LogP contribution in [0.15, 0.2) is 85.1 Å². The summed E-state index contributed by atoms with van der Waals surface area (Å²) in [6.07, 6.45) is 11.9. The number of fused-ring (bicyclic) bond motifs is 1. The topological polar surface area (TPSA) is 98.5 Å². The molecule has 7 nitrogen and oxygen atoms in total. The molecule has 1 aliphatic carbocycles. The van der Waals surface area contributed by atoms with E-state index in [1.807, 2.05) is 42.5 Å². The number of hydrogen-bond donors (Lipinski definition) is 2. The molecular formula is C34H42N4O3S. The van der Waals surface area contributed by atoms with Crippen LogP contribution in [0.1, 0.15) is 73.7 Å². The van der Waals surface area contributed by atoms with Crippen LogP contribution in [0, 0.1) is 13.5 Å². The number of aromatic nitrogens is 1. The maximum absolute atomic E-state index is 8.44. The molecule has 1 heterocycles. The fourth-order valence-electron chi connectivity index (χ4n) is 5.58. The lowest BCUT2D eigenvalue weighted by molar-refractivity contribution is 0.360. The van der Waals surface area contributed by atoms with Gasteiger partial charge in [-0.2, -0.15) is 0 Å². The number of hydrogen-bond acceptors (Lipinski definition) is 5. The Labute approximate surface area is 251 Å². The van der Waals surface area contributed by atoms with E-state index >= 15 is 0 Å². The third kappa shape index (κ3) is 10.6. The first kappa shape index (κ1) is 32.7. The molecule has 1 unspecified atom stereocenters. The van der Waals surface area contributed by atoms with Crippen LogP contribution in [0.5, 0.6) is 0 Å². The molecular weight excluding hydrogens is 544 g/mol. The van der Waals surface area contributed by atoms with Crippen molar-refractivity contribution in [2.75, 3.05) is 13.1 Å². The van der Waals surface area contributed by atoms with Crippen molar-refractivity contribution in [2.45, 2.75) is 70.4 Å². The smallest absolute Gasteiger partial charge is 0.344 e. The zero-order valence-electron chi connectivity index (χ0n) is 24.4. The first-order valence-corrected chi connectivity index (χ1v) is 15.7. The lowest BCUT2D eigenvalue weighted by atomic mass is 9.95. The van der Waals surface area contributed by atoms with Gasteiger partial charge in [0.1, 0.15) is 0 Å². The molecule has 3 aromatic carbocycles. The molecule has 0 bridgehead atoms. The molecule has 0 aliphatic heterocycles. The molecule has 0 radical (unpaired) electrons. The predicted octanol–water partition coefficient (Wildman–Crippen LogP) is 7.30. The highest BCUT2D eigenvalue weighted by atomic mass is 32.2. The second kappa shape index (κ2) is 17.9. The number of nitrogens with zero attached hydrogens (tertiary/aromatic N) is 2. The molecule has 4 aromatic rings. The van der Waals surface area contributed by atoms with Crippen LogP contribution in [-0.4, -0.2) is 30.3 Å². The minimum Gasteiger partial charge on any atom is -0.344 e. The summed E-state index contributed by atoms with van der Waals surface area (Å²) in [5.41, 5.74) is 11.8. The summed E-state index contributed by atoms with van der Waals surface area (Å²) in [7, 11) is -3.11. The van der Waals surface area contributed by atoms with Crippen molar-refractivity contribution in [3.05, 3.63) is 113 Å². The summed E-state index contributed by atoms with van der Waals surface area (Å²) in [5.74, 6) is 0. The van der Waals surface area contributed by atoms with E-state index in [-0.39, 0.29) is 0 Å². The highest BCUT2D eigenvalue weighted by Gasteiger charge is 2.20. The van der Waals surface area contributed by atoms with E-state index in [2.05, 4.69) is 64.2 Å². The Morgan fingerprint density at radius 1 is 0.976 bits per heavy atom. The third-order valence-electron chi connectivity index (χ3n) is 7.58. The first-order chi connectivity index (χ1) is 20.4. The van der Waals surface area contributed by atoms with Crippen molar-refractivity contribution in [1.29, 1.82) is 0 Å². The van der Waals surface area contributed by atoms with Crippen LogP contribution < -0.4 is 11.1 Å². The molecule has 3 N–H and O–H groups in total. The van der Waals surface area contributed by atoms with E-state index in [4.69, 9.17) is 24.9 Å². The molecule has 5 rings (SSSR count). The maximum Gasteiger partial charge on any atom is 0.425 e. The van der Waals surface area contributed by atoms with Gasteiger partial charge in [-0.05, 0) is 80.8 Å². The van der Waals surface area contributed by atoms with Crippen molar-refractivity contribution in [3.63, 3.8) is 0 Å². The fourth-order valence-corrected chi connectivity index (χ4v) is 5.58. The van der Waals surface area contributed by atoms with E-state index in [1.54, 1.807) is 0 Å². The van der Waals surface area contributed by atoms with E-state index in [0.717, 1.165) is 31.5 Å². The summed E-state index contributed by atoms with van der Waals surface area (Å²) >= 11 is 0. The van der Waals surface area contributed by atoms with Gasteiger partial charge in [-0.1, -0.05) is 91.6 Å². The Hall–Kier alpha value is -3.77. The van der Waals surface area contributed by atoms with Gasteiger partial charge in [0.25, 0.3) is 0 Å². The molecule has 1 aromatic heterocycles. The average Bonchev–Trinajstić information content (AvgIpc) is 3.38. The van der Waals surface area contributed by atoms with Crippen LogP contribution in [0.3, 0.4) is 0 Å². The summed E-state index contributed by atoms with van der Waals surface area (Å²) in [6, 6.07) is 28.0. The van der Waals surface area contributed by atoms with E-state index < -0.39 is 10.6 Å². The number of nitrogens with one attached hydrogen (secondary N) is 1. The molecule has 8 heteroatoms. The zero-order valence-corrected chi connectivity index (χ0v) is 25.2. The maximum atomic E-state index is 8.44. The molecule has 1 saturated carbocycles. The van der Waals surface area contributed by atoms with E-state index in [9.17, 15) is 0 Å². The average molecular weight is 587 g/mol. The molecule has 0 amide bonds. The van der Waals surface area contributed by atoms with Gasteiger partial charge < -0.3 is 15.6 Å². The minimum absolute atomic E-state index is 0.304. The van der Waals surface area contributed by atoms with Gasteiger partial charge in [0.15, 0.2) is 5.69 Å². The Kier molecular flexibility index (Phi) is 14.0. The fraction of sp³-hybridized carbons (Fsp3) is 0.382.